The second kappa shape index (κ2) is 11.7. The van der Waals surface area contributed by atoms with Crippen molar-refractivity contribution < 1.29 is 19.2 Å². The molecule has 1 N–H and O–H groups in total. The Balaban J connectivity index is 1.57. The van der Waals surface area contributed by atoms with Crippen LogP contribution in [0.15, 0.2) is 60.2 Å². The highest BCUT2D eigenvalue weighted by Gasteiger charge is 2.13. The maximum absolute atomic E-state index is 12.0. The van der Waals surface area contributed by atoms with E-state index in [0.29, 0.717) is 25.4 Å². The van der Waals surface area contributed by atoms with Crippen LogP contribution in [0, 0.1) is 10.1 Å². The van der Waals surface area contributed by atoms with Gasteiger partial charge in [-0.15, -0.1) is 6.58 Å². The number of morpholine rings is 1. The number of hydrazone groups is 1. The average molecular weight is 438 g/mol. The van der Waals surface area contributed by atoms with Gasteiger partial charge in [-0.25, -0.2) is 5.43 Å². The zero-order chi connectivity index (χ0) is 22.8. The van der Waals surface area contributed by atoms with E-state index in [1.54, 1.807) is 24.4 Å². The molecule has 0 spiro atoms. The van der Waals surface area contributed by atoms with E-state index >= 15 is 0 Å². The van der Waals surface area contributed by atoms with Gasteiger partial charge < -0.3 is 9.47 Å². The first-order valence-corrected chi connectivity index (χ1v) is 10.3. The monoisotopic (exact) mass is 438 g/mol. The zero-order valence-electron chi connectivity index (χ0n) is 17.7. The van der Waals surface area contributed by atoms with Crippen LogP contribution in [0.3, 0.4) is 0 Å². The molecule has 2 aromatic carbocycles. The minimum Gasteiger partial charge on any atom is -0.489 e. The van der Waals surface area contributed by atoms with Gasteiger partial charge in [0.15, 0.2) is 0 Å². The van der Waals surface area contributed by atoms with E-state index in [9.17, 15) is 14.9 Å². The third kappa shape index (κ3) is 7.00. The molecule has 2 aromatic rings. The van der Waals surface area contributed by atoms with E-state index in [0.717, 1.165) is 29.8 Å². The molecule has 9 heteroatoms. The first-order chi connectivity index (χ1) is 15.5. The van der Waals surface area contributed by atoms with Gasteiger partial charge in [0.1, 0.15) is 12.4 Å². The van der Waals surface area contributed by atoms with Crippen molar-refractivity contribution in [2.24, 2.45) is 5.10 Å². The standard InChI is InChI=1S/C23H26N4O5/c1-2-3-20-14-19(15-24-25-23(28)16-26-10-12-31-13-11-26)6-9-22(20)32-17-18-4-7-21(8-5-18)27(29)30/h2,4-9,14-15H,1,3,10-13,16-17H2,(H,25,28)/b24-15+. The van der Waals surface area contributed by atoms with Gasteiger partial charge in [-0.2, -0.15) is 5.10 Å². The van der Waals surface area contributed by atoms with Crippen LogP contribution < -0.4 is 10.2 Å². The molecule has 1 heterocycles. The molecule has 1 saturated heterocycles. The molecule has 0 unspecified atom stereocenters. The van der Waals surface area contributed by atoms with Crippen molar-refractivity contribution in [3.8, 4) is 5.75 Å². The number of ether oxygens (including phenoxy) is 2. The fourth-order valence-corrected chi connectivity index (χ4v) is 3.19. The van der Waals surface area contributed by atoms with Crippen molar-refractivity contribution in [2.75, 3.05) is 32.8 Å². The second-order valence-corrected chi connectivity index (χ2v) is 7.25. The zero-order valence-corrected chi connectivity index (χ0v) is 17.7. The molecule has 1 aliphatic rings. The molecule has 1 aliphatic heterocycles. The SMILES string of the molecule is C=CCc1cc(/C=N/NC(=O)CN2CCOCC2)ccc1OCc1ccc([N+](=O)[O-])cc1. The summed E-state index contributed by atoms with van der Waals surface area (Å²) in [5.74, 6) is 0.522. The highest BCUT2D eigenvalue weighted by molar-refractivity contribution is 5.83. The number of hydrogen-bond acceptors (Lipinski definition) is 7. The molecule has 9 nitrogen and oxygen atoms in total. The summed E-state index contributed by atoms with van der Waals surface area (Å²) in [6.45, 7) is 7.12. The number of nitro groups is 1. The first-order valence-electron chi connectivity index (χ1n) is 10.3. The number of nitrogens with zero attached hydrogens (tertiary/aromatic N) is 3. The normalized spacial score (nSPS) is 14.2. The largest absolute Gasteiger partial charge is 0.489 e. The van der Waals surface area contributed by atoms with Gasteiger partial charge in [0.2, 0.25) is 0 Å². The number of nitrogens with one attached hydrogen (secondary N) is 1. The number of amides is 1. The fourth-order valence-electron chi connectivity index (χ4n) is 3.19. The van der Waals surface area contributed by atoms with E-state index < -0.39 is 4.92 Å². The molecule has 32 heavy (non-hydrogen) atoms. The van der Waals surface area contributed by atoms with E-state index in [4.69, 9.17) is 9.47 Å². The van der Waals surface area contributed by atoms with Crippen LogP contribution in [0.5, 0.6) is 5.75 Å². The number of non-ortho nitro benzene ring substituents is 1. The molecule has 0 saturated carbocycles. The van der Waals surface area contributed by atoms with E-state index in [1.165, 1.54) is 12.1 Å². The Morgan fingerprint density at radius 1 is 1.25 bits per heavy atom. The summed E-state index contributed by atoms with van der Waals surface area (Å²) < 4.78 is 11.2. The molecule has 0 atom stereocenters. The number of carbonyl (C=O) groups excluding carboxylic acids is 1. The van der Waals surface area contributed by atoms with Gasteiger partial charge in [-0.3, -0.25) is 19.8 Å². The van der Waals surface area contributed by atoms with Gasteiger partial charge in [-0.05, 0) is 53.4 Å². The summed E-state index contributed by atoms with van der Waals surface area (Å²) >= 11 is 0. The topological polar surface area (TPSA) is 106 Å². The molecule has 1 fully saturated rings. The Hall–Kier alpha value is -3.56. The molecule has 0 aromatic heterocycles. The van der Waals surface area contributed by atoms with Gasteiger partial charge in [-0.1, -0.05) is 6.08 Å². The van der Waals surface area contributed by atoms with Crippen LogP contribution in [-0.2, 0) is 22.6 Å². The summed E-state index contributed by atoms with van der Waals surface area (Å²) in [5.41, 5.74) is 5.16. The lowest BCUT2D eigenvalue weighted by Crippen LogP contribution is -2.42. The molecule has 3 rings (SSSR count). The quantitative estimate of drug-likeness (QED) is 0.265. The second-order valence-electron chi connectivity index (χ2n) is 7.25. The lowest BCUT2D eigenvalue weighted by Gasteiger charge is -2.25. The van der Waals surface area contributed by atoms with Gasteiger partial charge >= 0.3 is 0 Å². The van der Waals surface area contributed by atoms with Crippen molar-refractivity contribution >= 4 is 17.8 Å². The van der Waals surface area contributed by atoms with Crippen molar-refractivity contribution in [1.29, 1.82) is 0 Å². The fraction of sp³-hybridized carbons (Fsp3) is 0.304. The molecule has 0 aliphatic carbocycles. The number of rotatable bonds is 10. The van der Waals surface area contributed by atoms with Crippen LogP contribution in [0.1, 0.15) is 16.7 Å². The first kappa shape index (κ1) is 23.1. The van der Waals surface area contributed by atoms with Crippen LogP contribution in [0.2, 0.25) is 0 Å². The van der Waals surface area contributed by atoms with Crippen LogP contribution in [-0.4, -0.2) is 54.8 Å². The van der Waals surface area contributed by atoms with E-state index in [1.807, 2.05) is 23.1 Å². The summed E-state index contributed by atoms with van der Waals surface area (Å²) in [6.07, 6.45) is 3.96. The van der Waals surface area contributed by atoms with Crippen molar-refractivity contribution in [2.45, 2.75) is 13.0 Å². The van der Waals surface area contributed by atoms with Crippen LogP contribution in [0.4, 0.5) is 5.69 Å². The highest BCUT2D eigenvalue weighted by Crippen LogP contribution is 2.22. The number of hydrogen-bond donors (Lipinski definition) is 1. The molecule has 1 amide bonds. The molecule has 168 valence electrons. The summed E-state index contributed by atoms with van der Waals surface area (Å²) in [4.78, 5) is 24.4. The molecular formula is C23H26N4O5. The lowest BCUT2D eigenvalue weighted by molar-refractivity contribution is -0.384. The van der Waals surface area contributed by atoms with E-state index in [2.05, 4.69) is 17.1 Å². The highest BCUT2D eigenvalue weighted by atomic mass is 16.6. The van der Waals surface area contributed by atoms with Gasteiger partial charge in [0, 0.05) is 25.2 Å². The third-order valence-corrected chi connectivity index (χ3v) is 4.86. The molecule has 0 bridgehead atoms. The Labute approximate surface area is 186 Å². The minimum atomic E-state index is -0.432. The Bertz CT molecular complexity index is 969. The van der Waals surface area contributed by atoms with Gasteiger partial charge in [0.05, 0.1) is 30.9 Å². The van der Waals surface area contributed by atoms with Crippen LogP contribution >= 0.6 is 0 Å². The number of benzene rings is 2. The summed E-state index contributed by atoms with van der Waals surface area (Å²) in [7, 11) is 0. The lowest BCUT2D eigenvalue weighted by atomic mass is 10.1. The van der Waals surface area contributed by atoms with E-state index in [-0.39, 0.29) is 24.7 Å². The number of allylic oxidation sites excluding steroid dienone is 1. The van der Waals surface area contributed by atoms with Crippen molar-refractivity contribution in [3.05, 3.63) is 81.9 Å². The molecule has 0 radical (unpaired) electrons. The Morgan fingerprint density at radius 2 is 2.00 bits per heavy atom. The van der Waals surface area contributed by atoms with Crippen LogP contribution in [0.25, 0.3) is 0 Å². The van der Waals surface area contributed by atoms with Crippen molar-refractivity contribution in [1.82, 2.24) is 10.3 Å². The third-order valence-electron chi connectivity index (χ3n) is 4.86. The predicted molar refractivity (Wildman–Crippen MR) is 121 cm³/mol. The predicted octanol–water partition coefficient (Wildman–Crippen LogP) is 2.68. The maximum atomic E-state index is 12.0. The smallest absolute Gasteiger partial charge is 0.269 e. The summed E-state index contributed by atoms with van der Waals surface area (Å²) in [5, 5.41) is 14.8. The minimum absolute atomic E-state index is 0.0433. The number of nitro benzene ring substituents is 1. The van der Waals surface area contributed by atoms with Crippen molar-refractivity contribution in [3.63, 3.8) is 0 Å². The van der Waals surface area contributed by atoms with Gasteiger partial charge in [0.25, 0.3) is 11.6 Å². The Morgan fingerprint density at radius 3 is 2.69 bits per heavy atom. The average Bonchev–Trinajstić information content (AvgIpc) is 2.79. The summed E-state index contributed by atoms with van der Waals surface area (Å²) in [6, 6.07) is 11.9. The maximum Gasteiger partial charge on any atom is 0.269 e. The number of carbonyl (C=O) groups is 1. The molecular weight excluding hydrogens is 412 g/mol. The Kier molecular flexibility index (Phi) is 8.47.